The lowest BCUT2D eigenvalue weighted by Gasteiger charge is -2.34. The molecule has 3 rings (SSSR count). The maximum atomic E-state index is 11.0. The minimum atomic E-state index is -0.935. The van der Waals surface area contributed by atoms with Crippen LogP contribution in [0.4, 0.5) is 5.13 Å². The van der Waals surface area contributed by atoms with E-state index >= 15 is 0 Å². The van der Waals surface area contributed by atoms with Crippen LogP contribution in [0.25, 0.3) is 0 Å². The molecule has 1 aliphatic rings. The van der Waals surface area contributed by atoms with Crippen molar-refractivity contribution in [1.29, 1.82) is 0 Å². The molecule has 1 saturated heterocycles. The molecule has 1 N–H and O–H groups in total. The first kappa shape index (κ1) is 13.1. The minimum absolute atomic E-state index is 0.257. The van der Waals surface area contributed by atoms with Crippen LogP contribution in [0.1, 0.15) is 16.1 Å². The molecule has 0 aromatic carbocycles. The van der Waals surface area contributed by atoms with Crippen LogP contribution in [0, 0.1) is 0 Å². The Morgan fingerprint density at radius 1 is 1.40 bits per heavy atom. The highest BCUT2D eigenvalue weighted by atomic mass is 32.1. The number of carboxylic acids is 1. The number of aromatic carboxylic acids is 1. The van der Waals surface area contributed by atoms with Gasteiger partial charge in [-0.3, -0.25) is 4.90 Å². The second-order valence-electron chi connectivity index (χ2n) is 4.64. The van der Waals surface area contributed by atoms with E-state index in [2.05, 4.69) is 14.8 Å². The molecule has 0 atom stereocenters. The van der Waals surface area contributed by atoms with Crippen molar-refractivity contribution in [2.45, 2.75) is 6.54 Å². The number of carbonyl (C=O) groups is 1. The van der Waals surface area contributed by atoms with Crippen molar-refractivity contribution < 1.29 is 14.3 Å². The maximum absolute atomic E-state index is 11.0. The summed E-state index contributed by atoms with van der Waals surface area (Å²) in [5.41, 5.74) is 0.257. The van der Waals surface area contributed by atoms with E-state index in [1.165, 1.54) is 12.3 Å². The number of thiazole rings is 1. The fourth-order valence-electron chi connectivity index (χ4n) is 2.33. The first-order valence-electron chi connectivity index (χ1n) is 6.40. The molecule has 6 nitrogen and oxygen atoms in total. The van der Waals surface area contributed by atoms with E-state index in [-0.39, 0.29) is 5.56 Å². The third-order valence-corrected chi connectivity index (χ3v) is 4.24. The highest BCUT2D eigenvalue weighted by molar-refractivity contribution is 7.13. The van der Waals surface area contributed by atoms with Crippen LogP contribution in [0.3, 0.4) is 0 Å². The van der Waals surface area contributed by atoms with Gasteiger partial charge in [0.05, 0.1) is 12.8 Å². The van der Waals surface area contributed by atoms with Crippen molar-refractivity contribution in [2.75, 3.05) is 31.1 Å². The van der Waals surface area contributed by atoms with E-state index in [0.29, 0.717) is 12.3 Å². The van der Waals surface area contributed by atoms with E-state index in [0.717, 1.165) is 31.3 Å². The number of hydrogen-bond donors (Lipinski definition) is 1. The maximum Gasteiger partial charge on any atom is 0.339 e. The van der Waals surface area contributed by atoms with Crippen LogP contribution < -0.4 is 4.90 Å². The molecule has 3 heterocycles. The predicted octanol–water partition coefficient (Wildman–Crippen LogP) is 1.76. The van der Waals surface area contributed by atoms with Gasteiger partial charge in [0.15, 0.2) is 5.13 Å². The summed E-state index contributed by atoms with van der Waals surface area (Å²) in [6.45, 7) is 4.09. The van der Waals surface area contributed by atoms with Crippen molar-refractivity contribution in [1.82, 2.24) is 9.88 Å². The molecule has 1 fully saturated rings. The summed E-state index contributed by atoms with van der Waals surface area (Å²) in [6.07, 6.45) is 3.25. The van der Waals surface area contributed by atoms with Crippen LogP contribution in [-0.2, 0) is 6.54 Å². The van der Waals surface area contributed by atoms with Gasteiger partial charge in [0, 0.05) is 37.8 Å². The van der Waals surface area contributed by atoms with Gasteiger partial charge in [0.2, 0.25) is 0 Å². The van der Waals surface area contributed by atoms with E-state index < -0.39 is 5.97 Å². The van der Waals surface area contributed by atoms with Gasteiger partial charge >= 0.3 is 5.97 Å². The molecule has 7 heteroatoms. The van der Waals surface area contributed by atoms with E-state index in [1.54, 1.807) is 11.3 Å². The van der Waals surface area contributed by atoms with Gasteiger partial charge in [-0.05, 0) is 6.07 Å². The number of furan rings is 1. The molecule has 0 radical (unpaired) electrons. The van der Waals surface area contributed by atoms with E-state index in [1.807, 2.05) is 11.6 Å². The van der Waals surface area contributed by atoms with Gasteiger partial charge in [0.1, 0.15) is 11.3 Å². The molecular weight excluding hydrogens is 278 g/mol. The Labute approximate surface area is 120 Å². The standard InChI is InChI=1S/C13H15N3O3S/c17-12(18)10-1-7-19-11(10)9-15-3-5-16(6-4-15)13-14-2-8-20-13/h1-2,7-8H,3-6,9H2,(H,17,18). The molecule has 2 aromatic rings. The molecule has 0 saturated carbocycles. The zero-order valence-electron chi connectivity index (χ0n) is 10.9. The average Bonchev–Trinajstić information content (AvgIpc) is 3.10. The number of carboxylic acid groups (broad SMARTS) is 1. The van der Waals surface area contributed by atoms with Crippen LogP contribution >= 0.6 is 11.3 Å². The average molecular weight is 293 g/mol. The lowest BCUT2D eigenvalue weighted by atomic mass is 10.2. The summed E-state index contributed by atoms with van der Waals surface area (Å²) < 4.78 is 5.28. The molecule has 0 bridgehead atoms. The van der Waals surface area contributed by atoms with Crippen LogP contribution in [-0.4, -0.2) is 47.1 Å². The minimum Gasteiger partial charge on any atom is -0.478 e. The van der Waals surface area contributed by atoms with Crippen molar-refractivity contribution >= 4 is 22.4 Å². The monoisotopic (exact) mass is 293 g/mol. The van der Waals surface area contributed by atoms with Gasteiger partial charge in [-0.2, -0.15) is 0 Å². The van der Waals surface area contributed by atoms with Gasteiger partial charge in [-0.1, -0.05) is 0 Å². The molecule has 0 amide bonds. The molecule has 106 valence electrons. The summed E-state index contributed by atoms with van der Waals surface area (Å²) in [6, 6.07) is 1.50. The van der Waals surface area contributed by atoms with Crippen LogP contribution in [0.2, 0.25) is 0 Å². The number of piperazine rings is 1. The molecule has 1 aliphatic heterocycles. The Kier molecular flexibility index (Phi) is 3.70. The van der Waals surface area contributed by atoms with Crippen molar-refractivity contribution in [2.24, 2.45) is 0 Å². The normalized spacial score (nSPS) is 16.5. The SMILES string of the molecule is O=C(O)c1ccoc1CN1CCN(c2nccs2)CC1. The number of hydrogen-bond acceptors (Lipinski definition) is 6. The van der Waals surface area contributed by atoms with E-state index in [9.17, 15) is 4.79 Å². The summed E-state index contributed by atoms with van der Waals surface area (Å²) in [4.78, 5) is 19.8. The zero-order chi connectivity index (χ0) is 13.9. The van der Waals surface area contributed by atoms with Gasteiger partial charge < -0.3 is 14.4 Å². The Morgan fingerprint density at radius 3 is 2.85 bits per heavy atom. The predicted molar refractivity (Wildman–Crippen MR) is 75.3 cm³/mol. The highest BCUT2D eigenvalue weighted by Gasteiger charge is 2.21. The van der Waals surface area contributed by atoms with Crippen molar-refractivity contribution in [3.8, 4) is 0 Å². The Bertz CT molecular complexity index is 573. The molecule has 0 unspecified atom stereocenters. The van der Waals surface area contributed by atoms with Gasteiger partial charge in [-0.25, -0.2) is 9.78 Å². The summed E-state index contributed by atoms with van der Waals surface area (Å²) in [7, 11) is 0. The molecule has 20 heavy (non-hydrogen) atoms. The second kappa shape index (κ2) is 5.64. The highest BCUT2D eigenvalue weighted by Crippen LogP contribution is 2.20. The molecule has 0 spiro atoms. The molecule has 2 aromatic heterocycles. The summed E-state index contributed by atoms with van der Waals surface area (Å²) in [5.74, 6) is -0.407. The van der Waals surface area contributed by atoms with E-state index in [4.69, 9.17) is 9.52 Å². The first-order chi connectivity index (χ1) is 9.74. The topological polar surface area (TPSA) is 69.8 Å². The number of aromatic nitrogens is 1. The summed E-state index contributed by atoms with van der Waals surface area (Å²) >= 11 is 1.64. The third kappa shape index (κ3) is 2.68. The fourth-order valence-corrected chi connectivity index (χ4v) is 3.02. The molecule has 0 aliphatic carbocycles. The van der Waals surface area contributed by atoms with Crippen molar-refractivity contribution in [3.05, 3.63) is 35.2 Å². The summed E-state index contributed by atoms with van der Waals surface area (Å²) in [5, 5.41) is 12.1. The Morgan fingerprint density at radius 2 is 2.20 bits per heavy atom. The zero-order valence-corrected chi connectivity index (χ0v) is 11.7. The Hall–Kier alpha value is -1.86. The third-order valence-electron chi connectivity index (χ3n) is 3.41. The van der Waals surface area contributed by atoms with Crippen LogP contribution in [0.15, 0.2) is 28.3 Å². The number of rotatable bonds is 4. The second-order valence-corrected chi connectivity index (χ2v) is 5.51. The lowest BCUT2D eigenvalue weighted by molar-refractivity contribution is 0.0692. The van der Waals surface area contributed by atoms with Crippen LogP contribution in [0.5, 0.6) is 0 Å². The fraction of sp³-hybridized carbons (Fsp3) is 0.385. The first-order valence-corrected chi connectivity index (χ1v) is 7.28. The van der Waals surface area contributed by atoms with Gasteiger partial charge in [-0.15, -0.1) is 11.3 Å². The van der Waals surface area contributed by atoms with Gasteiger partial charge in [0.25, 0.3) is 0 Å². The number of nitrogens with zero attached hydrogens (tertiary/aromatic N) is 3. The lowest BCUT2D eigenvalue weighted by Crippen LogP contribution is -2.46. The largest absolute Gasteiger partial charge is 0.478 e. The smallest absolute Gasteiger partial charge is 0.339 e. The number of anilines is 1. The quantitative estimate of drug-likeness (QED) is 0.926. The molecular formula is C13H15N3O3S. The Balaban J connectivity index is 1.59. The van der Waals surface area contributed by atoms with Crippen molar-refractivity contribution in [3.63, 3.8) is 0 Å².